The summed E-state index contributed by atoms with van der Waals surface area (Å²) in [6.07, 6.45) is 1.23. The fourth-order valence-corrected chi connectivity index (χ4v) is 3.99. The fraction of sp³-hybridized carbons (Fsp3) is 0.450. The largest absolute Gasteiger partial charge is 0.497 e. The highest BCUT2D eigenvalue weighted by molar-refractivity contribution is 7.10. The predicted octanol–water partition coefficient (Wildman–Crippen LogP) is 2.88. The van der Waals surface area contributed by atoms with Crippen molar-refractivity contribution in [1.29, 1.82) is 0 Å². The van der Waals surface area contributed by atoms with Crippen LogP contribution in [-0.4, -0.2) is 50.8 Å². The molecule has 1 atom stereocenters. The number of benzene rings is 1. The third-order valence-corrected chi connectivity index (χ3v) is 5.62. The highest BCUT2D eigenvalue weighted by Crippen LogP contribution is 2.25. The molecule has 2 aromatic rings. The molecule has 26 heavy (non-hydrogen) atoms. The van der Waals surface area contributed by atoms with E-state index in [0.717, 1.165) is 44.0 Å². The van der Waals surface area contributed by atoms with E-state index in [1.807, 2.05) is 24.3 Å². The Kier molecular flexibility index (Phi) is 7.05. The van der Waals surface area contributed by atoms with Crippen molar-refractivity contribution in [3.8, 4) is 5.75 Å². The lowest BCUT2D eigenvalue weighted by atomic mass is 10.1. The van der Waals surface area contributed by atoms with Crippen molar-refractivity contribution in [2.75, 3.05) is 40.0 Å². The van der Waals surface area contributed by atoms with Crippen molar-refractivity contribution >= 4 is 17.2 Å². The third kappa shape index (κ3) is 5.30. The minimum absolute atomic E-state index is 0.0932. The molecule has 3 rings (SSSR count). The van der Waals surface area contributed by atoms with Gasteiger partial charge in [0.2, 0.25) is 5.91 Å². The van der Waals surface area contributed by atoms with Crippen molar-refractivity contribution in [1.82, 2.24) is 10.2 Å². The number of carbonyl (C=O) groups excluding carboxylic acids is 1. The fourth-order valence-electron chi connectivity index (χ4n) is 3.13. The summed E-state index contributed by atoms with van der Waals surface area (Å²) in [5.74, 6) is 0.929. The van der Waals surface area contributed by atoms with Crippen molar-refractivity contribution in [3.63, 3.8) is 0 Å². The number of morpholine rings is 1. The van der Waals surface area contributed by atoms with Gasteiger partial charge in [-0.25, -0.2) is 0 Å². The normalized spacial score (nSPS) is 16.2. The molecule has 0 spiro atoms. The number of methoxy groups -OCH3 is 1. The maximum absolute atomic E-state index is 12.3. The van der Waals surface area contributed by atoms with Gasteiger partial charge in [-0.15, -0.1) is 11.3 Å². The second kappa shape index (κ2) is 9.71. The summed E-state index contributed by atoms with van der Waals surface area (Å²) >= 11 is 1.74. The van der Waals surface area contributed by atoms with Crippen LogP contribution in [0, 0.1) is 0 Å². The summed E-state index contributed by atoms with van der Waals surface area (Å²) in [5, 5.41) is 5.21. The van der Waals surface area contributed by atoms with E-state index in [9.17, 15) is 4.79 Å². The summed E-state index contributed by atoms with van der Waals surface area (Å²) in [4.78, 5) is 16.0. The average molecular weight is 375 g/mol. The van der Waals surface area contributed by atoms with Gasteiger partial charge in [-0.1, -0.05) is 18.2 Å². The predicted molar refractivity (Wildman–Crippen MR) is 104 cm³/mol. The number of aryl methyl sites for hydroxylation is 1. The lowest BCUT2D eigenvalue weighted by Gasteiger charge is -2.34. The molecular formula is C20H26N2O3S. The number of carbonyl (C=O) groups is 1. The van der Waals surface area contributed by atoms with Crippen molar-refractivity contribution in [3.05, 3.63) is 52.2 Å². The van der Waals surface area contributed by atoms with Gasteiger partial charge < -0.3 is 14.8 Å². The molecular weight excluding hydrogens is 348 g/mol. The van der Waals surface area contributed by atoms with E-state index >= 15 is 0 Å². The van der Waals surface area contributed by atoms with Crippen LogP contribution < -0.4 is 10.1 Å². The van der Waals surface area contributed by atoms with E-state index in [2.05, 4.69) is 27.7 Å². The van der Waals surface area contributed by atoms with Crippen LogP contribution in [0.25, 0.3) is 0 Å². The molecule has 2 heterocycles. The van der Waals surface area contributed by atoms with Crippen LogP contribution in [0.2, 0.25) is 0 Å². The number of hydrogen-bond acceptors (Lipinski definition) is 5. The number of ether oxygens (including phenoxy) is 2. The van der Waals surface area contributed by atoms with Gasteiger partial charge in [0.25, 0.3) is 0 Å². The van der Waals surface area contributed by atoms with Gasteiger partial charge in [0.1, 0.15) is 5.75 Å². The van der Waals surface area contributed by atoms with E-state index in [1.54, 1.807) is 18.4 Å². The van der Waals surface area contributed by atoms with E-state index < -0.39 is 0 Å². The summed E-state index contributed by atoms with van der Waals surface area (Å²) < 4.78 is 10.6. The van der Waals surface area contributed by atoms with E-state index in [1.165, 1.54) is 4.88 Å². The molecule has 1 aromatic carbocycles. The molecule has 1 fully saturated rings. The second-order valence-corrected chi connectivity index (χ2v) is 7.31. The van der Waals surface area contributed by atoms with Crippen LogP contribution in [0.5, 0.6) is 5.75 Å². The summed E-state index contributed by atoms with van der Waals surface area (Å²) in [7, 11) is 1.65. The zero-order chi connectivity index (χ0) is 18.2. The Hall–Kier alpha value is -1.89. The van der Waals surface area contributed by atoms with Crippen molar-refractivity contribution < 1.29 is 14.3 Å². The molecule has 0 bridgehead atoms. The van der Waals surface area contributed by atoms with E-state index in [-0.39, 0.29) is 11.9 Å². The second-order valence-electron chi connectivity index (χ2n) is 6.33. The topological polar surface area (TPSA) is 50.8 Å². The number of nitrogens with one attached hydrogen (secondary N) is 1. The minimum atomic E-state index is 0.0932. The van der Waals surface area contributed by atoms with E-state index in [4.69, 9.17) is 9.47 Å². The molecule has 1 amide bonds. The maximum atomic E-state index is 12.3. The molecule has 1 aromatic heterocycles. The maximum Gasteiger partial charge on any atom is 0.220 e. The van der Waals surface area contributed by atoms with Crippen LogP contribution >= 0.6 is 11.3 Å². The lowest BCUT2D eigenvalue weighted by molar-refractivity contribution is -0.121. The Morgan fingerprint density at radius 2 is 2.04 bits per heavy atom. The van der Waals surface area contributed by atoms with Crippen LogP contribution in [0.3, 0.4) is 0 Å². The Morgan fingerprint density at radius 3 is 2.69 bits per heavy atom. The molecule has 1 aliphatic heterocycles. The third-order valence-electron chi connectivity index (χ3n) is 4.65. The van der Waals surface area contributed by atoms with Crippen LogP contribution in [0.1, 0.15) is 22.9 Å². The Labute approximate surface area is 158 Å². The Morgan fingerprint density at radius 1 is 1.27 bits per heavy atom. The molecule has 0 saturated carbocycles. The van der Waals surface area contributed by atoms with Gasteiger partial charge in [-0.05, 0) is 35.6 Å². The zero-order valence-electron chi connectivity index (χ0n) is 15.1. The van der Waals surface area contributed by atoms with Crippen LogP contribution in [0.15, 0.2) is 41.8 Å². The molecule has 1 N–H and O–H groups in total. The van der Waals surface area contributed by atoms with Gasteiger partial charge in [-0.3, -0.25) is 9.69 Å². The first kappa shape index (κ1) is 18.9. The smallest absolute Gasteiger partial charge is 0.220 e. The van der Waals surface area contributed by atoms with Gasteiger partial charge in [0.05, 0.1) is 26.4 Å². The molecule has 1 saturated heterocycles. The zero-order valence-corrected chi connectivity index (χ0v) is 16.0. The summed E-state index contributed by atoms with van der Waals surface area (Å²) in [6.45, 7) is 3.97. The van der Waals surface area contributed by atoms with Crippen molar-refractivity contribution in [2.24, 2.45) is 0 Å². The minimum Gasteiger partial charge on any atom is -0.497 e. The molecule has 0 radical (unpaired) electrons. The average Bonchev–Trinajstić information content (AvgIpc) is 3.22. The van der Waals surface area contributed by atoms with Gasteiger partial charge in [0, 0.05) is 30.9 Å². The molecule has 6 heteroatoms. The molecule has 1 aliphatic rings. The standard InChI is InChI=1S/C20H26N2O3S/c1-24-17-7-4-16(5-8-17)6-9-20(23)21-15-18(19-3-2-14-26-19)22-10-12-25-13-11-22/h2-5,7-8,14,18H,6,9-13,15H2,1H3,(H,21,23)/t18-/m0/s1. The number of amides is 1. The van der Waals surface area contributed by atoms with Crippen molar-refractivity contribution in [2.45, 2.75) is 18.9 Å². The number of thiophene rings is 1. The van der Waals surface area contributed by atoms with Crippen LogP contribution in [-0.2, 0) is 16.0 Å². The van der Waals surface area contributed by atoms with Crippen LogP contribution in [0.4, 0.5) is 0 Å². The van der Waals surface area contributed by atoms with Gasteiger partial charge >= 0.3 is 0 Å². The lowest BCUT2D eigenvalue weighted by Crippen LogP contribution is -2.43. The first-order valence-corrected chi connectivity index (χ1v) is 9.89. The number of hydrogen-bond donors (Lipinski definition) is 1. The molecule has 5 nitrogen and oxygen atoms in total. The van der Waals surface area contributed by atoms with Gasteiger partial charge in [0.15, 0.2) is 0 Å². The quantitative estimate of drug-likeness (QED) is 0.772. The Bertz CT molecular complexity index is 667. The highest BCUT2D eigenvalue weighted by atomic mass is 32.1. The van der Waals surface area contributed by atoms with E-state index in [0.29, 0.717) is 13.0 Å². The molecule has 0 aliphatic carbocycles. The number of nitrogens with zero attached hydrogens (tertiary/aromatic N) is 1. The van der Waals surface area contributed by atoms with Gasteiger partial charge in [-0.2, -0.15) is 0 Å². The monoisotopic (exact) mass is 374 g/mol. The SMILES string of the molecule is COc1ccc(CCC(=O)NC[C@@H](c2cccs2)N2CCOCC2)cc1. The molecule has 140 valence electrons. The molecule has 0 unspecified atom stereocenters. The highest BCUT2D eigenvalue weighted by Gasteiger charge is 2.23. The first-order chi connectivity index (χ1) is 12.8. The first-order valence-electron chi connectivity index (χ1n) is 9.01. The Balaban J connectivity index is 1.50. The summed E-state index contributed by atoms with van der Waals surface area (Å²) in [6, 6.07) is 12.3. The number of rotatable bonds is 8. The summed E-state index contributed by atoms with van der Waals surface area (Å²) in [5.41, 5.74) is 1.14.